The molecular weight excluding hydrogens is 222 g/mol. The number of hydrogen-bond acceptors (Lipinski definition) is 6. The lowest BCUT2D eigenvalue weighted by Gasteiger charge is -2.22. The molecule has 4 N–H and O–H groups in total. The highest BCUT2D eigenvalue weighted by Crippen LogP contribution is 2.27. The van der Waals surface area contributed by atoms with E-state index in [2.05, 4.69) is 14.9 Å². The van der Waals surface area contributed by atoms with Crippen molar-refractivity contribution in [2.24, 2.45) is 11.5 Å². The molecule has 0 fully saturated rings. The number of anilines is 1. The summed E-state index contributed by atoms with van der Waals surface area (Å²) in [7, 11) is 0. The molecule has 0 saturated heterocycles. The molecule has 0 aromatic carbocycles. The molecule has 86 valence electrons. The van der Waals surface area contributed by atoms with Gasteiger partial charge in [0.2, 0.25) is 0 Å². The summed E-state index contributed by atoms with van der Waals surface area (Å²) >= 11 is 1.65. The minimum absolute atomic E-state index is 0.594. The molecule has 0 aliphatic rings. The first-order valence-corrected chi connectivity index (χ1v) is 6.08. The van der Waals surface area contributed by atoms with Crippen molar-refractivity contribution in [2.45, 2.75) is 0 Å². The Kier molecular flexibility index (Phi) is 3.66. The molecule has 2 rings (SSSR count). The van der Waals surface area contributed by atoms with E-state index in [4.69, 9.17) is 11.5 Å². The molecule has 0 aliphatic heterocycles. The Morgan fingerprint density at radius 3 is 2.62 bits per heavy atom. The number of rotatable bonds is 5. The van der Waals surface area contributed by atoms with Crippen molar-refractivity contribution in [3.63, 3.8) is 0 Å². The van der Waals surface area contributed by atoms with Gasteiger partial charge in [-0.3, -0.25) is 0 Å². The van der Waals surface area contributed by atoms with E-state index in [9.17, 15) is 0 Å². The first kappa shape index (κ1) is 11.3. The average molecular weight is 237 g/mol. The molecule has 0 unspecified atom stereocenters. The SMILES string of the molecule is NCCN(CCN)c1ncnc2ccsc12. The molecule has 0 saturated carbocycles. The predicted molar refractivity (Wildman–Crippen MR) is 67.7 cm³/mol. The molecule has 16 heavy (non-hydrogen) atoms. The van der Waals surface area contributed by atoms with Crippen molar-refractivity contribution in [3.05, 3.63) is 17.8 Å². The van der Waals surface area contributed by atoms with E-state index in [1.54, 1.807) is 17.7 Å². The molecule has 0 bridgehead atoms. The zero-order chi connectivity index (χ0) is 11.4. The molecular formula is C10H15N5S. The van der Waals surface area contributed by atoms with E-state index in [-0.39, 0.29) is 0 Å². The fourth-order valence-corrected chi connectivity index (χ4v) is 2.50. The van der Waals surface area contributed by atoms with Gasteiger partial charge in [0.05, 0.1) is 10.2 Å². The van der Waals surface area contributed by atoms with Crippen LogP contribution in [0.1, 0.15) is 0 Å². The van der Waals surface area contributed by atoms with Crippen molar-refractivity contribution in [2.75, 3.05) is 31.1 Å². The second kappa shape index (κ2) is 5.20. The van der Waals surface area contributed by atoms with Gasteiger partial charge in [-0.1, -0.05) is 0 Å². The summed E-state index contributed by atoms with van der Waals surface area (Å²) in [6.07, 6.45) is 1.59. The van der Waals surface area contributed by atoms with Crippen molar-refractivity contribution >= 4 is 27.4 Å². The van der Waals surface area contributed by atoms with E-state index >= 15 is 0 Å². The topological polar surface area (TPSA) is 81.1 Å². The van der Waals surface area contributed by atoms with Crippen molar-refractivity contribution < 1.29 is 0 Å². The van der Waals surface area contributed by atoms with Gasteiger partial charge in [0.25, 0.3) is 0 Å². The van der Waals surface area contributed by atoms with Crippen LogP contribution in [0.5, 0.6) is 0 Å². The highest BCUT2D eigenvalue weighted by molar-refractivity contribution is 7.17. The van der Waals surface area contributed by atoms with Crippen LogP contribution < -0.4 is 16.4 Å². The second-order valence-electron chi connectivity index (χ2n) is 3.40. The quantitative estimate of drug-likeness (QED) is 0.787. The molecule has 0 amide bonds. The number of fused-ring (bicyclic) bond motifs is 1. The van der Waals surface area contributed by atoms with E-state index in [1.165, 1.54) is 0 Å². The van der Waals surface area contributed by atoms with Crippen LogP contribution in [0.4, 0.5) is 5.82 Å². The van der Waals surface area contributed by atoms with Crippen molar-refractivity contribution in [1.82, 2.24) is 9.97 Å². The third-order valence-corrected chi connectivity index (χ3v) is 3.22. The van der Waals surface area contributed by atoms with Crippen LogP contribution in [-0.4, -0.2) is 36.1 Å². The highest BCUT2D eigenvalue weighted by atomic mass is 32.1. The van der Waals surface area contributed by atoms with E-state index in [0.29, 0.717) is 13.1 Å². The normalized spacial score (nSPS) is 10.9. The summed E-state index contributed by atoms with van der Waals surface area (Å²) in [4.78, 5) is 10.7. The average Bonchev–Trinajstić information content (AvgIpc) is 2.76. The Hall–Kier alpha value is -1.24. The number of hydrogen-bond donors (Lipinski definition) is 2. The standard InChI is InChI=1S/C10H15N5S/c11-2-4-15(5-3-12)10-9-8(1-6-16-9)13-7-14-10/h1,6-7H,2-5,11-12H2. The molecule has 5 nitrogen and oxygen atoms in total. The maximum atomic E-state index is 5.59. The van der Waals surface area contributed by atoms with Crippen LogP contribution in [-0.2, 0) is 0 Å². The van der Waals surface area contributed by atoms with Gasteiger partial charge in [-0.2, -0.15) is 0 Å². The number of nitrogens with zero attached hydrogens (tertiary/aromatic N) is 3. The van der Waals surface area contributed by atoms with Gasteiger partial charge >= 0.3 is 0 Å². The van der Waals surface area contributed by atoms with Crippen LogP contribution in [0.2, 0.25) is 0 Å². The number of aromatic nitrogens is 2. The molecule has 0 aliphatic carbocycles. The Bertz CT molecular complexity index is 449. The fraction of sp³-hybridized carbons (Fsp3) is 0.400. The van der Waals surface area contributed by atoms with Crippen LogP contribution >= 0.6 is 11.3 Å². The molecule has 2 aromatic heterocycles. The van der Waals surface area contributed by atoms with Gasteiger partial charge in [0.1, 0.15) is 12.1 Å². The predicted octanol–water partition coefficient (Wildman–Crippen LogP) is 0.415. The Balaban J connectivity index is 2.38. The van der Waals surface area contributed by atoms with Gasteiger partial charge in [-0.05, 0) is 11.4 Å². The van der Waals surface area contributed by atoms with Crippen molar-refractivity contribution in [3.8, 4) is 0 Å². The van der Waals surface area contributed by atoms with E-state index in [0.717, 1.165) is 29.1 Å². The Morgan fingerprint density at radius 2 is 1.94 bits per heavy atom. The molecule has 2 aromatic rings. The first-order valence-electron chi connectivity index (χ1n) is 5.20. The lowest BCUT2D eigenvalue weighted by atomic mass is 10.4. The van der Waals surface area contributed by atoms with Crippen LogP contribution in [0.25, 0.3) is 10.2 Å². The van der Waals surface area contributed by atoms with Crippen molar-refractivity contribution in [1.29, 1.82) is 0 Å². The minimum atomic E-state index is 0.594. The van der Waals surface area contributed by atoms with Gasteiger partial charge in [0, 0.05) is 26.2 Å². The summed E-state index contributed by atoms with van der Waals surface area (Å²) in [5, 5.41) is 2.02. The summed E-state index contributed by atoms with van der Waals surface area (Å²) in [6, 6.07) is 1.99. The van der Waals surface area contributed by atoms with Gasteiger partial charge in [-0.25, -0.2) is 9.97 Å². The first-order chi connectivity index (χ1) is 7.86. The second-order valence-corrected chi connectivity index (χ2v) is 4.31. The lowest BCUT2D eigenvalue weighted by molar-refractivity contribution is 0.773. The third-order valence-electron chi connectivity index (χ3n) is 2.32. The Labute approximate surface area is 98.1 Å². The smallest absolute Gasteiger partial charge is 0.150 e. The molecule has 0 spiro atoms. The maximum Gasteiger partial charge on any atom is 0.150 e. The van der Waals surface area contributed by atoms with Gasteiger partial charge in [0.15, 0.2) is 0 Å². The molecule has 6 heteroatoms. The molecule has 2 heterocycles. The number of nitrogens with two attached hydrogens (primary N) is 2. The third kappa shape index (κ3) is 2.13. The summed E-state index contributed by atoms with van der Waals surface area (Å²) < 4.78 is 1.10. The summed E-state index contributed by atoms with van der Waals surface area (Å²) in [5.74, 6) is 0.941. The fourth-order valence-electron chi connectivity index (χ4n) is 1.64. The summed E-state index contributed by atoms with van der Waals surface area (Å²) in [5.41, 5.74) is 12.2. The zero-order valence-corrected chi connectivity index (χ0v) is 9.78. The number of thiophene rings is 1. The maximum absolute atomic E-state index is 5.59. The van der Waals surface area contributed by atoms with Crippen LogP contribution in [0, 0.1) is 0 Å². The molecule has 0 radical (unpaired) electrons. The lowest BCUT2D eigenvalue weighted by Crippen LogP contribution is -2.34. The van der Waals surface area contributed by atoms with Crippen LogP contribution in [0.3, 0.4) is 0 Å². The highest BCUT2D eigenvalue weighted by Gasteiger charge is 2.11. The minimum Gasteiger partial charge on any atom is -0.353 e. The summed E-state index contributed by atoms with van der Waals surface area (Å²) in [6.45, 7) is 2.72. The van der Waals surface area contributed by atoms with Crippen LogP contribution in [0.15, 0.2) is 17.8 Å². The Morgan fingerprint density at radius 1 is 1.19 bits per heavy atom. The monoisotopic (exact) mass is 237 g/mol. The molecule has 0 atom stereocenters. The van der Waals surface area contributed by atoms with E-state index < -0.39 is 0 Å². The van der Waals surface area contributed by atoms with Gasteiger partial charge < -0.3 is 16.4 Å². The zero-order valence-electron chi connectivity index (χ0n) is 8.97. The largest absolute Gasteiger partial charge is 0.353 e. The van der Waals surface area contributed by atoms with Gasteiger partial charge in [-0.15, -0.1) is 11.3 Å². The van der Waals surface area contributed by atoms with E-state index in [1.807, 2.05) is 11.4 Å².